The second kappa shape index (κ2) is 4.05. The Bertz CT molecular complexity index is 476. The zero-order chi connectivity index (χ0) is 12.8. The van der Waals surface area contributed by atoms with E-state index < -0.39 is 5.60 Å². The molecule has 3 rings (SSSR count). The van der Waals surface area contributed by atoms with Crippen molar-refractivity contribution in [2.45, 2.75) is 31.8 Å². The lowest BCUT2D eigenvalue weighted by Gasteiger charge is -2.47. The van der Waals surface area contributed by atoms with Gasteiger partial charge in [-0.15, -0.1) is 0 Å². The molecule has 1 saturated heterocycles. The molecule has 1 aromatic heterocycles. The van der Waals surface area contributed by atoms with E-state index in [1.165, 1.54) is 0 Å². The van der Waals surface area contributed by atoms with E-state index in [0.29, 0.717) is 25.4 Å². The molecule has 0 aromatic carbocycles. The summed E-state index contributed by atoms with van der Waals surface area (Å²) < 4.78 is 0. The fourth-order valence-electron chi connectivity index (χ4n) is 2.63. The van der Waals surface area contributed by atoms with Crippen molar-refractivity contribution >= 4 is 5.91 Å². The first-order valence-electron chi connectivity index (χ1n) is 6.49. The van der Waals surface area contributed by atoms with Crippen LogP contribution in [0.4, 0.5) is 0 Å². The molecule has 0 spiro atoms. The minimum atomic E-state index is -0.588. The summed E-state index contributed by atoms with van der Waals surface area (Å²) in [5, 5.41) is 10.2. The molecule has 4 nitrogen and oxygen atoms in total. The Hall–Kier alpha value is -1.42. The van der Waals surface area contributed by atoms with Crippen molar-refractivity contribution < 1.29 is 9.90 Å². The molecule has 1 N–H and O–H groups in total. The highest BCUT2D eigenvalue weighted by molar-refractivity contribution is 5.79. The Balaban J connectivity index is 1.59. The Labute approximate surface area is 107 Å². The van der Waals surface area contributed by atoms with Crippen LogP contribution in [-0.4, -0.2) is 39.6 Å². The predicted octanol–water partition coefficient (Wildman–Crippen LogP) is 0.916. The molecule has 1 aliphatic heterocycles. The maximum Gasteiger partial charge on any atom is 0.228 e. The molecule has 1 amide bonds. The molecule has 2 aliphatic rings. The van der Waals surface area contributed by atoms with Gasteiger partial charge in [-0.2, -0.15) is 0 Å². The second-order valence-electron chi connectivity index (χ2n) is 5.57. The molecule has 0 atom stereocenters. The van der Waals surface area contributed by atoms with Crippen LogP contribution in [0.25, 0.3) is 0 Å². The summed E-state index contributed by atoms with van der Waals surface area (Å²) >= 11 is 0. The number of nitrogens with zero attached hydrogens (tertiary/aromatic N) is 2. The highest BCUT2D eigenvalue weighted by Crippen LogP contribution is 2.44. The summed E-state index contributed by atoms with van der Waals surface area (Å²) in [6.45, 7) is 2.97. The Morgan fingerprint density at radius 2 is 2.28 bits per heavy atom. The number of pyridine rings is 1. The van der Waals surface area contributed by atoms with Crippen LogP contribution < -0.4 is 0 Å². The van der Waals surface area contributed by atoms with E-state index >= 15 is 0 Å². The van der Waals surface area contributed by atoms with Gasteiger partial charge >= 0.3 is 0 Å². The zero-order valence-electron chi connectivity index (χ0n) is 10.6. The van der Waals surface area contributed by atoms with E-state index in [-0.39, 0.29) is 5.91 Å². The Morgan fingerprint density at radius 3 is 2.89 bits per heavy atom. The molecule has 2 fully saturated rings. The van der Waals surface area contributed by atoms with E-state index in [2.05, 4.69) is 4.98 Å². The van der Waals surface area contributed by atoms with Gasteiger partial charge in [0.1, 0.15) is 5.60 Å². The molecule has 0 radical (unpaired) electrons. The minimum Gasteiger partial charge on any atom is -0.386 e. The standard InChI is InChI=1S/C14H18N2O2/c1-10-3-2-6-15-12(10)7-13(17)16-8-14(18,9-16)11-4-5-11/h2-3,6,11,18H,4-5,7-9H2,1H3. The number of amides is 1. The van der Waals surface area contributed by atoms with Crippen LogP contribution >= 0.6 is 0 Å². The van der Waals surface area contributed by atoms with Crippen LogP contribution in [0, 0.1) is 12.8 Å². The lowest BCUT2D eigenvalue weighted by Crippen LogP contribution is -2.65. The average Bonchev–Trinajstić information content (AvgIpc) is 3.12. The largest absolute Gasteiger partial charge is 0.386 e. The van der Waals surface area contributed by atoms with Gasteiger partial charge in [0.2, 0.25) is 5.91 Å². The molecule has 2 heterocycles. The molecule has 96 valence electrons. The highest BCUT2D eigenvalue weighted by Gasteiger charge is 2.53. The third-order valence-electron chi connectivity index (χ3n) is 4.06. The fraction of sp³-hybridized carbons (Fsp3) is 0.571. The number of likely N-dealkylation sites (tertiary alicyclic amines) is 1. The van der Waals surface area contributed by atoms with Crippen LogP contribution in [0.1, 0.15) is 24.1 Å². The lowest BCUT2D eigenvalue weighted by atomic mass is 9.88. The smallest absolute Gasteiger partial charge is 0.228 e. The zero-order valence-corrected chi connectivity index (χ0v) is 10.6. The molecule has 4 heteroatoms. The monoisotopic (exact) mass is 246 g/mol. The van der Waals surface area contributed by atoms with Gasteiger partial charge in [0.25, 0.3) is 0 Å². The molecule has 0 unspecified atom stereocenters. The maximum atomic E-state index is 12.1. The van der Waals surface area contributed by atoms with Gasteiger partial charge in [0, 0.05) is 6.20 Å². The van der Waals surface area contributed by atoms with Crippen molar-refractivity contribution in [1.82, 2.24) is 9.88 Å². The normalized spacial score (nSPS) is 21.6. The first-order valence-corrected chi connectivity index (χ1v) is 6.49. The predicted molar refractivity (Wildman–Crippen MR) is 66.9 cm³/mol. The van der Waals surface area contributed by atoms with Crippen LogP contribution in [0.5, 0.6) is 0 Å². The van der Waals surface area contributed by atoms with E-state index in [4.69, 9.17) is 0 Å². The van der Waals surface area contributed by atoms with E-state index in [0.717, 1.165) is 24.1 Å². The fourth-order valence-corrected chi connectivity index (χ4v) is 2.63. The summed E-state index contributed by atoms with van der Waals surface area (Å²) in [5.74, 6) is 0.500. The number of hydrogen-bond acceptors (Lipinski definition) is 3. The van der Waals surface area contributed by atoms with Crippen LogP contribution in [0.3, 0.4) is 0 Å². The molecular weight excluding hydrogens is 228 g/mol. The van der Waals surface area contributed by atoms with Gasteiger partial charge < -0.3 is 10.0 Å². The number of carbonyl (C=O) groups excluding carboxylic acids is 1. The summed E-state index contributed by atoms with van der Waals surface area (Å²) in [4.78, 5) is 18.0. The van der Waals surface area contributed by atoms with Crippen molar-refractivity contribution in [2.24, 2.45) is 5.92 Å². The lowest BCUT2D eigenvalue weighted by molar-refractivity contribution is -0.158. The molecule has 1 saturated carbocycles. The van der Waals surface area contributed by atoms with Gasteiger partial charge in [-0.1, -0.05) is 6.07 Å². The number of aryl methyl sites for hydroxylation is 1. The number of hydrogen-bond donors (Lipinski definition) is 1. The van der Waals surface area contributed by atoms with Crippen molar-refractivity contribution in [1.29, 1.82) is 0 Å². The highest BCUT2D eigenvalue weighted by atomic mass is 16.3. The van der Waals surface area contributed by atoms with Gasteiger partial charge in [-0.3, -0.25) is 9.78 Å². The summed E-state index contributed by atoms with van der Waals surface area (Å²) in [5.41, 5.74) is 1.29. The maximum absolute atomic E-state index is 12.1. The topological polar surface area (TPSA) is 53.4 Å². The van der Waals surface area contributed by atoms with Crippen molar-refractivity contribution in [2.75, 3.05) is 13.1 Å². The van der Waals surface area contributed by atoms with Gasteiger partial charge in [0.15, 0.2) is 0 Å². The SMILES string of the molecule is Cc1cccnc1CC(=O)N1CC(O)(C2CC2)C1. The van der Waals surface area contributed by atoms with E-state index in [1.807, 2.05) is 19.1 Å². The summed E-state index contributed by atoms with van der Waals surface area (Å²) in [6.07, 6.45) is 4.27. The number of carbonyl (C=O) groups is 1. The Morgan fingerprint density at radius 1 is 1.56 bits per heavy atom. The second-order valence-corrected chi connectivity index (χ2v) is 5.57. The third-order valence-corrected chi connectivity index (χ3v) is 4.06. The first-order chi connectivity index (χ1) is 8.58. The van der Waals surface area contributed by atoms with Gasteiger partial charge in [-0.25, -0.2) is 0 Å². The van der Waals surface area contributed by atoms with Crippen LogP contribution in [0.2, 0.25) is 0 Å². The average molecular weight is 246 g/mol. The molecule has 1 aromatic rings. The first kappa shape index (κ1) is 11.7. The van der Waals surface area contributed by atoms with Gasteiger partial charge in [-0.05, 0) is 37.3 Å². The summed E-state index contributed by atoms with van der Waals surface area (Å²) in [6, 6.07) is 3.84. The van der Waals surface area contributed by atoms with Gasteiger partial charge in [0.05, 0.1) is 25.2 Å². The number of rotatable bonds is 3. The van der Waals surface area contributed by atoms with E-state index in [1.54, 1.807) is 11.1 Å². The van der Waals surface area contributed by atoms with Crippen LogP contribution in [0.15, 0.2) is 18.3 Å². The molecule has 1 aliphatic carbocycles. The van der Waals surface area contributed by atoms with Crippen molar-refractivity contribution in [3.8, 4) is 0 Å². The van der Waals surface area contributed by atoms with Crippen molar-refractivity contribution in [3.05, 3.63) is 29.6 Å². The molecular formula is C14H18N2O2. The number of aromatic nitrogens is 1. The molecule has 0 bridgehead atoms. The van der Waals surface area contributed by atoms with Crippen molar-refractivity contribution in [3.63, 3.8) is 0 Å². The Kier molecular flexibility index (Phi) is 2.63. The molecule has 18 heavy (non-hydrogen) atoms. The number of aliphatic hydroxyl groups is 1. The van der Waals surface area contributed by atoms with E-state index in [9.17, 15) is 9.90 Å². The minimum absolute atomic E-state index is 0.0714. The van der Waals surface area contributed by atoms with Crippen LogP contribution in [-0.2, 0) is 11.2 Å². The number of β-amino-alcohol motifs (C(OH)–C–C–N with tert-alkyl or cyclic N) is 1. The summed E-state index contributed by atoms with van der Waals surface area (Å²) in [7, 11) is 0. The quantitative estimate of drug-likeness (QED) is 0.862. The third kappa shape index (κ3) is 2.01.